The number of halogens is 1. The van der Waals surface area contributed by atoms with Gasteiger partial charge < -0.3 is 15.4 Å². The van der Waals surface area contributed by atoms with Crippen molar-refractivity contribution in [3.63, 3.8) is 0 Å². The quantitative estimate of drug-likeness (QED) is 0.621. The lowest BCUT2D eigenvalue weighted by atomic mass is 10.2. The fourth-order valence-corrected chi connectivity index (χ4v) is 2.45. The van der Waals surface area contributed by atoms with E-state index in [1.807, 2.05) is 0 Å². The Balaban J connectivity index is 1.69. The van der Waals surface area contributed by atoms with Crippen molar-refractivity contribution in [1.29, 1.82) is 0 Å². The molecule has 1 heterocycles. The number of rotatable bonds is 6. The Morgan fingerprint density at radius 3 is 2.50 bits per heavy atom. The Morgan fingerprint density at radius 2 is 1.79 bits per heavy atom. The predicted octanol–water partition coefficient (Wildman–Crippen LogP) is 4.39. The second-order valence-electron chi connectivity index (χ2n) is 5.79. The van der Waals surface area contributed by atoms with E-state index in [1.54, 1.807) is 55.5 Å². The van der Waals surface area contributed by atoms with E-state index in [0.29, 0.717) is 29.2 Å². The summed E-state index contributed by atoms with van der Waals surface area (Å²) in [6.07, 6.45) is 1.46. The van der Waals surface area contributed by atoms with Gasteiger partial charge in [-0.05, 0) is 55.5 Å². The molecule has 0 saturated heterocycles. The molecular formula is C21H18FN3O3. The number of anilines is 3. The van der Waals surface area contributed by atoms with Crippen LogP contribution in [0.3, 0.4) is 0 Å². The van der Waals surface area contributed by atoms with Crippen LogP contribution in [0.2, 0.25) is 0 Å². The van der Waals surface area contributed by atoms with Crippen LogP contribution in [0.25, 0.3) is 0 Å². The number of carbonyl (C=O) groups excluding carboxylic acids is 2. The van der Waals surface area contributed by atoms with Gasteiger partial charge in [0, 0.05) is 17.6 Å². The van der Waals surface area contributed by atoms with E-state index in [9.17, 15) is 14.0 Å². The van der Waals surface area contributed by atoms with E-state index in [4.69, 9.17) is 4.74 Å². The van der Waals surface area contributed by atoms with E-state index in [1.165, 1.54) is 18.3 Å². The van der Waals surface area contributed by atoms with Crippen LogP contribution < -0.4 is 10.6 Å². The molecule has 3 rings (SSSR count). The third-order valence-electron chi connectivity index (χ3n) is 3.80. The van der Waals surface area contributed by atoms with Crippen molar-refractivity contribution >= 4 is 28.9 Å². The Morgan fingerprint density at radius 1 is 1.04 bits per heavy atom. The van der Waals surface area contributed by atoms with Crippen molar-refractivity contribution in [2.24, 2.45) is 0 Å². The molecular weight excluding hydrogens is 361 g/mol. The number of carbonyl (C=O) groups is 2. The summed E-state index contributed by atoms with van der Waals surface area (Å²) in [6.45, 7) is 2.02. The highest BCUT2D eigenvalue weighted by atomic mass is 19.1. The summed E-state index contributed by atoms with van der Waals surface area (Å²) in [6, 6.07) is 15.7. The highest BCUT2D eigenvalue weighted by molar-refractivity contribution is 6.03. The normalized spacial score (nSPS) is 10.2. The first-order valence-electron chi connectivity index (χ1n) is 8.63. The number of pyridine rings is 1. The van der Waals surface area contributed by atoms with Gasteiger partial charge in [-0.25, -0.2) is 9.18 Å². The summed E-state index contributed by atoms with van der Waals surface area (Å²) in [5.41, 5.74) is 1.90. The summed E-state index contributed by atoms with van der Waals surface area (Å²) >= 11 is 0. The first-order chi connectivity index (χ1) is 13.6. The molecule has 0 aliphatic rings. The number of aromatic nitrogens is 1. The summed E-state index contributed by atoms with van der Waals surface area (Å²) in [7, 11) is 0. The number of hydrogen-bond acceptors (Lipinski definition) is 5. The van der Waals surface area contributed by atoms with E-state index < -0.39 is 17.7 Å². The van der Waals surface area contributed by atoms with Crippen LogP contribution in [-0.2, 0) is 4.74 Å². The minimum Gasteiger partial charge on any atom is -0.462 e. The molecule has 2 N–H and O–H groups in total. The van der Waals surface area contributed by atoms with E-state index in [0.717, 1.165) is 0 Å². The summed E-state index contributed by atoms with van der Waals surface area (Å²) < 4.78 is 18.7. The molecule has 1 amide bonds. The van der Waals surface area contributed by atoms with Crippen molar-refractivity contribution < 1.29 is 18.7 Å². The molecule has 0 bridgehead atoms. The maximum atomic E-state index is 13.8. The molecule has 0 radical (unpaired) electrons. The van der Waals surface area contributed by atoms with Crippen molar-refractivity contribution in [3.8, 4) is 0 Å². The lowest BCUT2D eigenvalue weighted by Gasteiger charge is -2.09. The van der Waals surface area contributed by atoms with Crippen LogP contribution in [0.4, 0.5) is 21.5 Å². The van der Waals surface area contributed by atoms with Gasteiger partial charge in [0.15, 0.2) is 0 Å². The van der Waals surface area contributed by atoms with Gasteiger partial charge in [0.05, 0.1) is 17.9 Å². The van der Waals surface area contributed by atoms with Crippen molar-refractivity contribution in [1.82, 2.24) is 4.98 Å². The standard InChI is InChI=1S/C21H18FN3O3/c1-2-28-21(27)14-7-9-15(10-8-14)25-20(26)19-13-16(11-12-23-19)24-18-6-4-3-5-17(18)22/h3-13H,2H2,1H3,(H,23,24)(H,25,26). The average molecular weight is 379 g/mol. The summed E-state index contributed by atoms with van der Waals surface area (Å²) in [4.78, 5) is 28.1. The zero-order valence-corrected chi connectivity index (χ0v) is 15.1. The highest BCUT2D eigenvalue weighted by Gasteiger charge is 2.11. The molecule has 6 nitrogen and oxygen atoms in total. The van der Waals surface area contributed by atoms with Crippen LogP contribution >= 0.6 is 0 Å². The van der Waals surface area contributed by atoms with Gasteiger partial charge in [-0.1, -0.05) is 12.1 Å². The molecule has 2 aromatic carbocycles. The smallest absolute Gasteiger partial charge is 0.338 e. The van der Waals surface area contributed by atoms with Crippen LogP contribution in [0.1, 0.15) is 27.8 Å². The molecule has 0 saturated carbocycles. The minimum atomic E-state index is -0.430. The molecule has 0 spiro atoms. The fourth-order valence-electron chi connectivity index (χ4n) is 2.45. The first kappa shape index (κ1) is 19.0. The molecule has 1 aromatic heterocycles. The molecule has 0 atom stereocenters. The summed E-state index contributed by atoms with van der Waals surface area (Å²) in [5.74, 6) is -1.25. The largest absolute Gasteiger partial charge is 0.462 e. The second kappa shape index (κ2) is 8.77. The molecule has 7 heteroatoms. The number of para-hydroxylation sites is 1. The number of benzene rings is 2. The van der Waals surface area contributed by atoms with E-state index in [-0.39, 0.29) is 5.69 Å². The van der Waals surface area contributed by atoms with Gasteiger partial charge in [-0.3, -0.25) is 9.78 Å². The number of hydrogen-bond donors (Lipinski definition) is 2. The van der Waals surface area contributed by atoms with E-state index in [2.05, 4.69) is 15.6 Å². The fraction of sp³-hybridized carbons (Fsp3) is 0.0952. The third-order valence-corrected chi connectivity index (χ3v) is 3.80. The van der Waals surface area contributed by atoms with Crippen molar-refractivity contribution in [3.05, 3.63) is 83.9 Å². The Labute approximate surface area is 161 Å². The monoisotopic (exact) mass is 379 g/mol. The number of nitrogens with zero attached hydrogens (tertiary/aromatic N) is 1. The van der Waals surface area contributed by atoms with Gasteiger partial charge in [0.25, 0.3) is 5.91 Å². The van der Waals surface area contributed by atoms with Crippen LogP contribution in [0.15, 0.2) is 66.9 Å². The molecule has 28 heavy (non-hydrogen) atoms. The van der Waals surface area contributed by atoms with Crippen LogP contribution in [0, 0.1) is 5.82 Å². The van der Waals surface area contributed by atoms with Gasteiger partial charge in [-0.15, -0.1) is 0 Å². The van der Waals surface area contributed by atoms with Gasteiger partial charge in [-0.2, -0.15) is 0 Å². The molecule has 0 unspecified atom stereocenters. The van der Waals surface area contributed by atoms with E-state index >= 15 is 0 Å². The zero-order valence-electron chi connectivity index (χ0n) is 15.1. The van der Waals surface area contributed by atoms with Crippen LogP contribution in [-0.4, -0.2) is 23.5 Å². The molecule has 0 aliphatic carbocycles. The van der Waals surface area contributed by atoms with Gasteiger partial charge in [0.1, 0.15) is 11.5 Å². The van der Waals surface area contributed by atoms with Crippen molar-refractivity contribution in [2.75, 3.05) is 17.2 Å². The molecule has 0 aliphatic heterocycles. The van der Waals surface area contributed by atoms with Gasteiger partial charge >= 0.3 is 5.97 Å². The summed E-state index contributed by atoms with van der Waals surface area (Å²) in [5, 5.41) is 5.62. The maximum absolute atomic E-state index is 13.8. The lowest BCUT2D eigenvalue weighted by molar-refractivity contribution is 0.0526. The SMILES string of the molecule is CCOC(=O)c1ccc(NC(=O)c2cc(Nc3ccccc3F)ccn2)cc1. The third kappa shape index (κ3) is 4.70. The number of ether oxygens (including phenoxy) is 1. The Hall–Kier alpha value is -3.74. The first-order valence-corrected chi connectivity index (χ1v) is 8.63. The van der Waals surface area contributed by atoms with Gasteiger partial charge in [0.2, 0.25) is 0 Å². The van der Waals surface area contributed by atoms with Crippen molar-refractivity contribution in [2.45, 2.75) is 6.92 Å². The average Bonchev–Trinajstić information content (AvgIpc) is 2.71. The number of amides is 1. The maximum Gasteiger partial charge on any atom is 0.338 e. The Kier molecular flexibility index (Phi) is 5.96. The topological polar surface area (TPSA) is 80.3 Å². The number of nitrogens with one attached hydrogen (secondary N) is 2. The molecule has 0 fully saturated rings. The highest BCUT2D eigenvalue weighted by Crippen LogP contribution is 2.20. The molecule has 3 aromatic rings. The zero-order chi connectivity index (χ0) is 19.9. The van der Waals surface area contributed by atoms with Crippen LogP contribution in [0.5, 0.6) is 0 Å². The molecule has 142 valence electrons. The minimum absolute atomic E-state index is 0.163. The number of esters is 1. The second-order valence-corrected chi connectivity index (χ2v) is 5.79. The Bertz CT molecular complexity index is 990. The predicted molar refractivity (Wildman–Crippen MR) is 104 cm³/mol. The lowest BCUT2D eigenvalue weighted by Crippen LogP contribution is -2.14.